The van der Waals surface area contributed by atoms with E-state index in [1.165, 1.54) is 10.6 Å². The second kappa shape index (κ2) is 7.78. The van der Waals surface area contributed by atoms with Gasteiger partial charge in [0.15, 0.2) is 0 Å². The molecule has 31 heavy (non-hydrogen) atoms. The first-order valence-corrected chi connectivity index (χ1v) is 11.9. The minimum atomic E-state index is -3.16. The van der Waals surface area contributed by atoms with Crippen LogP contribution in [-0.4, -0.2) is 71.6 Å². The quantitative estimate of drug-likeness (QED) is 0.644. The van der Waals surface area contributed by atoms with E-state index in [4.69, 9.17) is 0 Å². The van der Waals surface area contributed by atoms with Crippen LogP contribution in [0.3, 0.4) is 0 Å². The normalized spacial score (nSPS) is 20.0. The van der Waals surface area contributed by atoms with Crippen molar-refractivity contribution in [2.75, 3.05) is 32.4 Å². The highest BCUT2D eigenvalue weighted by molar-refractivity contribution is 7.88. The van der Waals surface area contributed by atoms with Gasteiger partial charge in [-0.15, -0.1) is 0 Å². The zero-order chi connectivity index (χ0) is 21.4. The topological polar surface area (TPSA) is 107 Å². The zero-order valence-corrected chi connectivity index (χ0v) is 17.9. The average molecular weight is 438 g/mol. The van der Waals surface area contributed by atoms with Crippen molar-refractivity contribution in [3.05, 3.63) is 60.3 Å². The maximum atomic E-state index is 11.8. The Bertz CT molecular complexity index is 1260. The molecule has 2 aliphatic heterocycles. The molecule has 1 fully saturated rings. The molecule has 0 saturated carbocycles. The molecule has 1 aromatic carbocycles. The molecule has 2 aliphatic rings. The van der Waals surface area contributed by atoms with Gasteiger partial charge in [-0.3, -0.25) is 10.1 Å². The Morgan fingerprint density at radius 3 is 2.68 bits per heavy atom. The van der Waals surface area contributed by atoms with Gasteiger partial charge in [0, 0.05) is 49.5 Å². The Morgan fingerprint density at radius 1 is 1.10 bits per heavy atom. The largest absolute Gasteiger partial charge is 0.364 e. The number of hydrogen-bond donors (Lipinski definition) is 2. The van der Waals surface area contributed by atoms with Crippen LogP contribution in [0.1, 0.15) is 11.7 Å². The summed E-state index contributed by atoms with van der Waals surface area (Å²) in [7, 11) is -3.16. The lowest BCUT2D eigenvalue weighted by atomic mass is 10.0. The van der Waals surface area contributed by atoms with Crippen molar-refractivity contribution in [3.8, 4) is 11.1 Å². The Labute approximate surface area is 180 Å². The summed E-state index contributed by atoms with van der Waals surface area (Å²) in [5.74, 6) is 0.830. The monoisotopic (exact) mass is 437 g/mol. The molecular formula is C21H23N7O2S. The highest BCUT2D eigenvalue weighted by Crippen LogP contribution is 2.30. The fourth-order valence-corrected chi connectivity index (χ4v) is 4.83. The van der Waals surface area contributed by atoms with Crippen molar-refractivity contribution in [2.45, 2.75) is 6.04 Å². The first kappa shape index (κ1) is 19.7. The van der Waals surface area contributed by atoms with E-state index in [2.05, 4.69) is 42.5 Å². The lowest BCUT2D eigenvalue weighted by Crippen LogP contribution is -2.48. The molecule has 0 spiro atoms. The lowest BCUT2D eigenvalue weighted by Gasteiger charge is -2.35. The molecule has 9 nitrogen and oxygen atoms in total. The van der Waals surface area contributed by atoms with Gasteiger partial charge in [0.2, 0.25) is 10.0 Å². The summed E-state index contributed by atoms with van der Waals surface area (Å²) in [4.78, 5) is 10.8. The number of nitrogens with one attached hydrogen (secondary N) is 2. The van der Waals surface area contributed by atoms with Crippen LogP contribution in [-0.2, 0) is 10.0 Å². The third kappa shape index (κ3) is 3.91. The van der Waals surface area contributed by atoms with Crippen LogP contribution in [0.25, 0.3) is 22.0 Å². The van der Waals surface area contributed by atoms with E-state index in [0.717, 1.165) is 33.5 Å². The number of benzene rings is 1. The Morgan fingerprint density at radius 2 is 1.94 bits per heavy atom. The molecule has 1 atom stereocenters. The maximum Gasteiger partial charge on any atom is 0.211 e. The molecular weight excluding hydrogens is 414 g/mol. The summed E-state index contributed by atoms with van der Waals surface area (Å²) in [6.45, 7) is 2.14. The summed E-state index contributed by atoms with van der Waals surface area (Å²) in [6.07, 6.45) is 8.60. The zero-order valence-electron chi connectivity index (χ0n) is 17.1. The van der Waals surface area contributed by atoms with Crippen molar-refractivity contribution in [1.82, 2.24) is 29.7 Å². The van der Waals surface area contributed by atoms with E-state index in [9.17, 15) is 8.42 Å². The first-order valence-electron chi connectivity index (χ1n) is 10.1. The molecule has 5 rings (SSSR count). The molecule has 1 saturated heterocycles. The maximum absolute atomic E-state index is 11.8. The summed E-state index contributed by atoms with van der Waals surface area (Å²) in [5, 5.41) is 12.0. The number of piperazine rings is 1. The van der Waals surface area contributed by atoms with Crippen LogP contribution in [0.4, 0.5) is 0 Å². The summed E-state index contributed by atoms with van der Waals surface area (Å²) in [6, 6.07) is 10.0. The van der Waals surface area contributed by atoms with E-state index < -0.39 is 10.0 Å². The molecule has 2 aromatic heterocycles. The third-order valence-electron chi connectivity index (χ3n) is 5.68. The smallest absolute Gasteiger partial charge is 0.211 e. The number of fused-ring (bicyclic) bond motifs is 1. The number of hydrogen-bond acceptors (Lipinski definition) is 7. The predicted molar refractivity (Wildman–Crippen MR) is 120 cm³/mol. The van der Waals surface area contributed by atoms with Crippen LogP contribution in [0, 0.1) is 0 Å². The Hall–Kier alpha value is -3.24. The van der Waals surface area contributed by atoms with Crippen LogP contribution >= 0.6 is 0 Å². The third-order valence-corrected chi connectivity index (χ3v) is 6.98. The van der Waals surface area contributed by atoms with Crippen LogP contribution < -0.4 is 5.32 Å². The van der Waals surface area contributed by atoms with E-state index >= 15 is 0 Å². The molecule has 0 radical (unpaired) electrons. The van der Waals surface area contributed by atoms with Crippen LogP contribution in [0.2, 0.25) is 0 Å². The van der Waals surface area contributed by atoms with Gasteiger partial charge in [-0.05, 0) is 29.8 Å². The molecule has 160 valence electrons. The number of aromatic amines is 1. The van der Waals surface area contributed by atoms with E-state index in [-0.39, 0.29) is 6.04 Å². The second-order valence-corrected chi connectivity index (χ2v) is 9.67. The molecule has 4 heterocycles. The SMILES string of the molecule is CS(=O)(=O)N1CCN(C2=CC(c3n[nH]c4ccc(-c5cccnc5)cc34)NC=N2)CC1. The average Bonchev–Trinajstić information content (AvgIpc) is 3.23. The van der Waals surface area contributed by atoms with Gasteiger partial charge in [-0.1, -0.05) is 12.1 Å². The number of rotatable bonds is 4. The number of sulfonamides is 1. The Kier molecular flexibility index (Phi) is 4.95. The number of H-pyrrole nitrogens is 1. The highest BCUT2D eigenvalue weighted by Gasteiger charge is 2.26. The minimum absolute atomic E-state index is 0.140. The lowest BCUT2D eigenvalue weighted by molar-refractivity contribution is 0.226. The van der Waals surface area contributed by atoms with E-state index in [0.29, 0.717) is 26.2 Å². The molecule has 3 aromatic rings. The summed E-state index contributed by atoms with van der Waals surface area (Å²) in [5.41, 5.74) is 3.98. The van der Waals surface area contributed by atoms with Crippen molar-refractivity contribution >= 4 is 27.3 Å². The molecule has 2 N–H and O–H groups in total. The minimum Gasteiger partial charge on any atom is -0.364 e. The number of aromatic nitrogens is 3. The molecule has 1 unspecified atom stereocenters. The molecule has 0 bridgehead atoms. The predicted octanol–water partition coefficient (Wildman–Crippen LogP) is 1.72. The number of pyridine rings is 1. The standard InChI is InChI=1S/C21H23N7O2S/c1-31(29,30)28-9-7-27(8-10-28)20-12-19(23-14-24-20)21-17-11-15(4-5-18(17)25-26-21)16-3-2-6-22-13-16/h2-6,11-14,19H,7-10H2,1H3,(H,23,24)(H,25,26). The van der Waals surface area contributed by atoms with Gasteiger partial charge in [0.05, 0.1) is 29.8 Å². The Balaban J connectivity index is 1.41. The van der Waals surface area contributed by atoms with E-state index in [1.54, 1.807) is 12.5 Å². The van der Waals surface area contributed by atoms with Crippen LogP contribution in [0.5, 0.6) is 0 Å². The summed E-state index contributed by atoms with van der Waals surface area (Å²) < 4.78 is 25.0. The van der Waals surface area contributed by atoms with Gasteiger partial charge < -0.3 is 10.2 Å². The number of nitrogens with zero attached hydrogens (tertiary/aromatic N) is 5. The van der Waals surface area contributed by atoms with Crippen molar-refractivity contribution in [1.29, 1.82) is 0 Å². The fourth-order valence-electron chi connectivity index (χ4n) is 4.00. The van der Waals surface area contributed by atoms with Crippen LogP contribution in [0.15, 0.2) is 59.6 Å². The first-order chi connectivity index (χ1) is 15.0. The van der Waals surface area contributed by atoms with Gasteiger partial charge in [0.25, 0.3) is 0 Å². The van der Waals surface area contributed by atoms with Crippen molar-refractivity contribution < 1.29 is 8.42 Å². The van der Waals surface area contributed by atoms with Crippen molar-refractivity contribution in [2.24, 2.45) is 4.99 Å². The summed E-state index contributed by atoms with van der Waals surface area (Å²) >= 11 is 0. The van der Waals surface area contributed by atoms with Crippen molar-refractivity contribution in [3.63, 3.8) is 0 Å². The van der Waals surface area contributed by atoms with E-state index in [1.807, 2.05) is 30.5 Å². The molecule has 10 heteroatoms. The molecule has 0 aliphatic carbocycles. The van der Waals surface area contributed by atoms with Gasteiger partial charge in [-0.2, -0.15) is 9.40 Å². The number of aliphatic imine (C=N–C) groups is 1. The fraction of sp³-hybridized carbons (Fsp3) is 0.286. The van der Waals surface area contributed by atoms with Gasteiger partial charge >= 0.3 is 0 Å². The molecule has 0 amide bonds. The van der Waals surface area contributed by atoms with Gasteiger partial charge in [-0.25, -0.2) is 13.4 Å². The second-order valence-electron chi connectivity index (χ2n) is 7.69. The van der Waals surface area contributed by atoms with Gasteiger partial charge in [0.1, 0.15) is 5.82 Å². The highest BCUT2D eigenvalue weighted by atomic mass is 32.2.